The molecule has 3 N–H and O–H groups in total. The summed E-state index contributed by atoms with van der Waals surface area (Å²) in [7, 11) is 0. The Morgan fingerprint density at radius 2 is 1.80 bits per heavy atom. The van der Waals surface area contributed by atoms with Crippen molar-refractivity contribution < 1.29 is 9.90 Å². The maximum Gasteiger partial charge on any atom is 0.311 e. The zero-order valence-corrected chi connectivity index (χ0v) is 9.32. The average Bonchev–Trinajstić information content (AvgIpc) is 2.17. The number of hydrogen-bond donors (Lipinski definition) is 2. The summed E-state index contributed by atoms with van der Waals surface area (Å²) in [5.41, 5.74) is 6.99. The van der Waals surface area contributed by atoms with Gasteiger partial charge in [-0.15, -0.1) is 0 Å². The van der Waals surface area contributed by atoms with Gasteiger partial charge in [-0.2, -0.15) is 0 Å². The molecule has 0 aliphatic carbocycles. The minimum absolute atomic E-state index is 0.490. The molecular formula is C12H17NO2. The Morgan fingerprint density at radius 3 is 2.20 bits per heavy atom. The standard InChI is InChI=1S/C12H17NO2/c1-8-4-6-9(7-5-8)10(13)12(2,3)11(14)15/h4-7,10H,13H2,1-3H3,(H,14,15)/t10-/m1/s1. The third-order valence-corrected chi connectivity index (χ3v) is 2.77. The Balaban J connectivity index is 2.99. The minimum Gasteiger partial charge on any atom is -0.481 e. The molecule has 0 saturated carbocycles. The summed E-state index contributed by atoms with van der Waals surface area (Å²) >= 11 is 0. The van der Waals surface area contributed by atoms with E-state index in [0.717, 1.165) is 11.1 Å². The van der Waals surface area contributed by atoms with Crippen molar-refractivity contribution in [1.82, 2.24) is 0 Å². The van der Waals surface area contributed by atoms with Crippen LogP contribution in [0.25, 0.3) is 0 Å². The minimum atomic E-state index is -0.949. The smallest absolute Gasteiger partial charge is 0.311 e. The van der Waals surface area contributed by atoms with Crippen molar-refractivity contribution in [3.63, 3.8) is 0 Å². The van der Waals surface area contributed by atoms with Crippen LogP contribution in [0.2, 0.25) is 0 Å². The molecule has 0 aromatic heterocycles. The number of aryl methyl sites for hydroxylation is 1. The first kappa shape index (κ1) is 11.7. The Bertz CT molecular complexity index is 354. The van der Waals surface area contributed by atoms with E-state index in [1.807, 2.05) is 31.2 Å². The van der Waals surface area contributed by atoms with E-state index in [4.69, 9.17) is 10.8 Å². The fourth-order valence-electron chi connectivity index (χ4n) is 1.32. The normalized spacial score (nSPS) is 13.6. The van der Waals surface area contributed by atoms with E-state index in [1.54, 1.807) is 13.8 Å². The van der Waals surface area contributed by atoms with Gasteiger partial charge in [-0.1, -0.05) is 29.8 Å². The predicted octanol–water partition coefficient (Wildman–Crippen LogP) is 2.11. The molecule has 0 unspecified atom stereocenters. The van der Waals surface area contributed by atoms with E-state index in [0.29, 0.717) is 0 Å². The number of carboxylic acid groups (broad SMARTS) is 1. The molecule has 0 amide bonds. The molecule has 1 aromatic carbocycles. The van der Waals surface area contributed by atoms with Crippen LogP contribution in [-0.2, 0) is 4.79 Å². The number of carbonyl (C=O) groups is 1. The van der Waals surface area contributed by atoms with Gasteiger partial charge in [0, 0.05) is 6.04 Å². The topological polar surface area (TPSA) is 63.3 Å². The summed E-state index contributed by atoms with van der Waals surface area (Å²) in [6, 6.07) is 7.14. The summed E-state index contributed by atoms with van der Waals surface area (Å²) in [6.07, 6.45) is 0. The zero-order valence-electron chi connectivity index (χ0n) is 9.32. The lowest BCUT2D eigenvalue weighted by Crippen LogP contribution is -2.36. The lowest BCUT2D eigenvalue weighted by atomic mass is 9.81. The van der Waals surface area contributed by atoms with Crippen molar-refractivity contribution in [2.45, 2.75) is 26.8 Å². The summed E-state index contributed by atoms with van der Waals surface area (Å²) in [5, 5.41) is 9.05. The first-order chi connectivity index (χ1) is 6.85. The van der Waals surface area contributed by atoms with Gasteiger partial charge in [-0.05, 0) is 26.3 Å². The molecule has 0 aliphatic rings. The van der Waals surface area contributed by atoms with E-state index in [1.165, 1.54) is 0 Å². The number of benzene rings is 1. The highest BCUT2D eigenvalue weighted by atomic mass is 16.4. The molecule has 3 heteroatoms. The maximum atomic E-state index is 11.0. The highest BCUT2D eigenvalue weighted by molar-refractivity contribution is 5.75. The lowest BCUT2D eigenvalue weighted by molar-refractivity contribution is -0.148. The van der Waals surface area contributed by atoms with Crippen molar-refractivity contribution in [2.75, 3.05) is 0 Å². The van der Waals surface area contributed by atoms with Crippen LogP contribution in [0.4, 0.5) is 0 Å². The molecule has 1 rings (SSSR count). The zero-order chi connectivity index (χ0) is 11.6. The van der Waals surface area contributed by atoms with Crippen molar-refractivity contribution >= 4 is 5.97 Å². The molecule has 3 nitrogen and oxygen atoms in total. The van der Waals surface area contributed by atoms with Crippen molar-refractivity contribution in [1.29, 1.82) is 0 Å². The van der Waals surface area contributed by atoms with Gasteiger partial charge in [0.25, 0.3) is 0 Å². The fraction of sp³-hybridized carbons (Fsp3) is 0.417. The van der Waals surface area contributed by atoms with Gasteiger partial charge < -0.3 is 10.8 Å². The summed E-state index contributed by atoms with van der Waals surface area (Å²) in [5.74, 6) is -0.879. The maximum absolute atomic E-state index is 11.0. The van der Waals surface area contributed by atoms with Gasteiger partial charge in [-0.25, -0.2) is 0 Å². The molecule has 15 heavy (non-hydrogen) atoms. The molecule has 0 aliphatic heterocycles. The average molecular weight is 207 g/mol. The van der Waals surface area contributed by atoms with Crippen LogP contribution in [0.5, 0.6) is 0 Å². The summed E-state index contributed by atoms with van der Waals surface area (Å²) < 4.78 is 0. The summed E-state index contributed by atoms with van der Waals surface area (Å²) in [6.45, 7) is 5.26. The van der Waals surface area contributed by atoms with Crippen LogP contribution in [0, 0.1) is 12.3 Å². The quantitative estimate of drug-likeness (QED) is 0.797. The number of rotatable bonds is 3. The molecule has 0 saturated heterocycles. The number of aliphatic carboxylic acids is 1. The third-order valence-electron chi connectivity index (χ3n) is 2.77. The third kappa shape index (κ3) is 2.36. The molecule has 0 spiro atoms. The van der Waals surface area contributed by atoms with E-state index >= 15 is 0 Å². The Morgan fingerprint density at radius 1 is 1.33 bits per heavy atom. The first-order valence-corrected chi connectivity index (χ1v) is 4.91. The molecule has 82 valence electrons. The van der Waals surface area contributed by atoms with Crippen molar-refractivity contribution in [3.05, 3.63) is 35.4 Å². The van der Waals surface area contributed by atoms with Gasteiger partial charge in [0.05, 0.1) is 5.41 Å². The van der Waals surface area contributed by atoms with Crippen LogP contribution in [-0.4, -0.2) is 11.1 Å². The van der Waals surface area contributed by atoms with Crippen LogP contribution in [0.1, 0.15) is 31.0 Å². The van der Waals surface area contributed by atoms with E-state index in [9.17, 15) is 4.79 Å². The van der Waals surface area contributed by atoms with Gasteiger partial charge in [0.15, 0.2) is 0 Å². The number of hydrogen-bond acceptors (Lipinski definition) is 2. The molecule has 0 radical (unpaired) electrons. The second-order valence-electron chi connectivity index (χ2n) is 4.42. The van der Waals surface area contributed by atoms with Crippen LogP contribution in [0.15, 0.2) is 24.3 Å². The van der Waals surface area contributed by atoms with Crippen LogP contribution in [0.3, 0.4) is 0 Å². The van der Waals surface area contributed by atoms with Gasteiger partial charge >= 0.3 is 5.97 Å². The van der Waals surface area contributed by atoms with E-state index < -0.39 is 17.4 Å². The molecule has 1 atom stereocenters. The molecular weight excluding hydrogens is 190 g/mol. The highest BCUT2D eigenvalue weighted by Crippen LogP contribution is 2.31. The predicted molar refractivity (Wildman–Crippen MR) is 59.5 cm³/mol. The SMILES string of the molecule is Cc1ccc([C@@H](N)C(C)(C)C(=O)O)cc1. The molecule has 0 fully saturated rings. The second-order valence-corrected chi connectivity index (χ2v) is 4.42. The number of nitrogens with two attached hydrogens (primary N) is 1. The Labute approximate surface area is 89.9 Å². The highest BCUT2D eigenvalue weighted by Gasteiger charge is 2.35. The molecule has 1 aromatic rings. The van der Waals surface area contributed by atoms with Gasteiger partial charge in [0.1, 0.15) is 0 Å². The number of carboxylic acids is 1. The molecule has 0 heterocycles. The van der Waals surface area contributed by atoms with E-state index in [2.05, 4.69) is 0 Å². The second kappa shape index (κ2) is 4.03. The lowest BCUT2D eigenvalue weighted by Gasteiger charge is -2.27. The Kier molecular flexibility index (Phi) is 3.15. The molecule has 0 bridgehead atoms. The fourth-order valence-corrected chi connectivity index (χ4v) is 1.32. The Hall–Kier alpha value is -1.35. The van der Waals surface area contributed by atoms with Crippen LogP contribution >= 0.6 is 0 Å². The van der Waals surface area contributed by atoms with E-state index in [-0.39, 0.29) is 0 Å². The van der Waals surface area contributed by atoms with Crippen LogP contribution < -0.4 is 5.73 Å². The monoisotopic (exact) mass is 207 g/mol. The largest absolute Gasteiger partial charge is 0.481 e. The van der Waals surface area contributed by atoms with Crippen molar-refractivity contribution in [2.24, 2.45) is 11.1 Å². The van der Waals surface area contributed by atoms with Crippen molar-refractivity contribution in [3.8, 4) is 0 Å². The van der Waals surface area contributed by atoms with Gasteiger partial charge in [0.2, 0.25) is 0 Å². The summed E-state index contributed by atoms with van der Waals surface area (Å²) in [4.78, 5) is 11.0. The first-order valence-electron chi connectivity index (χ1n) is 4.91. The van der Waals surface area contributed by atoms with Gasteiger partial charge in [-0.3, -0.25) is 4.79 Å².